The van der Waals surface area contributed by atoms with Crippen molar-refractivity contribution >= 4 is 28.6 Å². The third kappa shape index (κ3) is 8.71. The number of carbonyl (C=O) groups is 1. The van der Waals surface area contributed by atoms with Gasteiger partial charge in [0.05, 0.1) is 22.7 Å². The van der Waals surface area contributed by atoms with Crippen LogP contribution in [0.1, 0.15) is 79.1 Å². The number of hydrogen-bond acceptors (Lipinski definition) is 7. The summed E-state index contributed by atoms with van der Waals surface area (Å²) in [5, 5.41) is 24.0. The topological polar surface area (TPSA) is 111 Å². The highest BCUT2D eigenvalue weighted by molar-refractivity contribution is 6.78. The number of carbonyl (C=O) groups excluding carboxylic acids is 1. The van der Waals surface area contributed by atoms with Gasteiger partial charge in [0.25, 0.3) is 14.0 Å². The van der Waals surface area contributed by atoms with Crippen LogP contribution in [0.25, 0.3) is 0 Å². The molecule has 2 rings (SSSR count). The Bertz CT molecular complexity index is 878. The molecule has 10 heteroatoms. The van der Waals surface area contributed by atoms with Crippen LogP contribution < -0.4 is 9.74 Å². The predicted octanol–water partition coefficient (Wildman–Crippen LogP) is 6.69. The van der Waals surface area contributed by atoms with E-state index < -0.39 is 21.6 Å². The number of β-amino-alcohol motifs (C(OH)–C–C–N with tert-alkyl or cyclic N) is 1. The summed E-state index contributed by atoms with van der Waals surface area (Å²) in [6.07, 6.45) is 1.15. The van der Waals surface area contributed by atoms with Crippen LogP contribution in [0.2, 0.25) is 34.8 Å². The fourth-order valence-corrected chi connectivity index (χ4v) is 11.1. The van der Waals surface area contributed by atoms with E-state index in [0.29, 0.717) is 41.2 Å². The molecule has 1 aliphatic heterocycles. The molecule has 0 radical (unpaired) electrons. The van der Waals surface area contributed by atoms with E-state index in [4.69, 9.17) is 8.85 Å². The molecular formula is C27H50N2O6Si2. The Kier molecular flexibility index (Phi) is 12.2. The molecule has 1 heterocycles. The summed E-state index contributed by atoms with van der Waals surface area (Å²) in [5.41, 5.74) is 0.988. The van der Waals surface area contributed by atoms with Crippen LogP contribution in [0, 0.1) is 10.1 Å². The van der Waals surface area contributed by atoms with Crippen LogP contribution in [-0.2, 0) is 4.43 Å². The van der Waals surface area contributed by atoms with E-state index in [1.54, 1.807) is 6.07 Å². The third-order valence-electron chi connectivity index (χ3n) is 7.98. The summed E-state index contributed by atoms with van der Waals surface area (Å²) in [6, 6.07) is 4.83. The van der Waals surface area contributed by atoms with Crippen molar-refractivity contribution in [3.63, 3.8) is 0 Å². The first-order valence-electron chi connectivity index (χ1n) is 13.4. The van der Waals surface area contributed by atoms with Crippen molar-refractivity contribution in [3.05, 3.63) is 33.9 Å². The van der Waals surface area contributed by atoms with Gasteiger partial charge in [-0.15, -0.1) is 0 Å². The lowest BCUT2D eigenvalue weighted by molar-refractivity contribution is -0.385. The van der Waals surface area contributed by atoms with E-state index in [2.05, 4.69) is 80.7 Å². The first-order chi connectivity index (χ1) is 16.9. The fourth-order valence-electron chi connectivity index (χ4n) is 4.85. The number of rotatable bonds is 10. The molecule has 0 aromatic heterocycles. The highest BCUT2D eigenvalue weighted by Crippen LogP contribution is 2.43. The molecular weight excluding hydrogens is 504 g/mol. The number of aliphatic hydroxyl groups excluding tert-OH is 1. The molecule has 37 heavy (non-hydrogen) atoms. The Labute approximate surface area is 225 Å². The molecule has 1 saturated heterocycles. The van der Waals surface area contributed by atoms with Gasteiger partial charge in [0.2, 0.25) is 0 Å². The second-order valence-corrected chi connectivity index (χ2v) is 22.8. The van der Waals surface area contributed by atoms with Crippen LogP contribution in [0.3, 0.4) is 0 Å². The van der Waals surface area contributed by atoms with Gasteiger partial charge in [-0.25, -0.2) is 0 Å². The largest absolute Gasteiger partial charge is 0.543 e. The van der Waals surface area contributed by atoms with Gasteiger partial charge in [-0.3, -0.25) is 14.9 Å². The molecule has 0 unspecified atom stereocenters. The summed E-state index contributed by atoms with van der Waals surface area (Å²) < 4.78 is 12.5. The molecule has 212 valence electrons. The minimum absolute atomic E-state index is 0.0725. The zero-order valence-corrected chi connectivity index (χ0v) is 26.8. The van der Waals surface area contributed by atoms with Gasteiger partial charge < -0.3 is 19.3 Å². The molecule has 0 aliphatic carbocycles. The first kappa shape index (κ1) is 33.4. The van der Waals surface area contributed by atoms with E-state index in [1.165, 1.54) is 12.1 Å². The van der Waals surface area contributed by atoms with Crippen LogP contribution in [0.5, 0.6) is 5.75 Å². The summed E-state index contributed by atoms with van der Waals surface area (Å²) in [4.78, 5) is 21.5. The van der Waals surface area contributed by atoms with Crippen LogP contribution in [-0.4, -0.2) is 58.2 Å². The van der Waals surface area contributed by atoms with Crippen molar-refractivity contribution < 1.29 is 23.7 Å². The molecule has 2 atom stereocenters. The molecule has 0 bridgehead atoms. The normalized spacial score (nSPS) is 18.7. The van der Waals surface area contributed by atoms with Crippen LogP contribution >= 0.6 is 0 Å². The van der Waals surface area contributed by atoms with Gasteiger partial charge in [-0.1, -0.05) is 62.3 Å². The van der Waals surface area contributed by atoms with E-state index >= 15 is 0 Å². The highest BCUT2D eigenvalue weighted by Gasteiger charge is 2.47. The van der Waals surface area contributed by atoms with Crippen LogP contribution in [0.4, 0.5) is 5.69 Å². The van der Waals surface area contributed by atoms with Gasteiger partial charge >= 0.3 is 0 Å². The van der Waals surface area contributed by atoms with E-state index in [1.807, 2.05) is 0 Å². The summed E-state index contributed by atoms with van der Waals surface area (Å²) >= 11 is 0. The number of benzene rings is 1. The van der Waals surface area contributed by atoms with Crippen molar-refractivity contribution in [2.24, 2.45) is 0 Å². The predicted molar refractivity (Wildman–Crippen MR) is 156 cm³/mol. The van der Waals surface area contributed by atoms with Gasteiger partial charge in [-0.2, -0.15) is 0 Å². The second-order valence-electron chi connectivity index (χ2n) is 12.6. The number of aliphatic hydroxyl groups is 1. The minimum atomic E-state index is -2.16. The van der Waals surface area contributed by atoms with Crippen molar-refractivity contribution in [1.29, 1.82) is 0 Å². The molecule has 1 aromatic rings. The van der Waals surface area contributed by atoms with Gasteiger partial charge in [0, 0.05) is 19.2 Å². The number of nitrogens with one attached hydrogen (secondary N) is 1. The lowest BCUT2D eigenvalue weighted by Gasteiger charge is -2.42. The molecule has 0 saturated carbocycles. The SMILES string of the molecule is CC(C)(C)[Si](C)(C)OC[C@@H]1C[C@@H](O)CN1.CC(C)[Si](Oc1ccc(C=O)c([N+](=O)[O-])c1)(C(C)C)C(C)C. The second kappa shape index (κ2) is 13.5. The van der Waals surface area contributed by atoms with E-state index in [-0.39, 0.29) is 22.4 Å². The number of nitrogens with zero attached hydrogens (tertiary/aromatic N) is 1. The smallest absolute Gasteiger partial charge is 0.283 e. The van der Waals surface area contributed by atoms with Crippen molar-refractivity contribution in [2.75, 3.05) is 13.2 Å². The molecule has 1 aromatic carbocycles. The average Bonchev–Trinajstić information content (AvgIpc) is 3.20. The van der Waals surface area contributed by atoms with Crippen molar-refractivity contribution in [2.45, 2.75) is 116 Å². The quantitative estimate of drug-likeness (QED) is 0.143. The van der Waals surface area contributed by atoms with E-state index in [9.17, 15) is 20.0 Å². The maximum absolute atomic E-state index is 11.1. The summed E-state index contributed by atoms with van der Waals surface area (Å²) in [7, 11) is -3.78. The van der Waals surface area contributed by atoms with Gasteiger partial charge in [0.15, 0.2) is 14.6 Å². The third-order valence-corrected chi connectivity index (χ3v) is 18.5. The van der Waals surface area contributed by atoms with Gasteiger partial charge in [0.1, 0.15) is 5.75 Å². The number of aldehydes is 1. The monoisotopic (exact) mass is 554 g/mol. The molecule has 2 N–H and O–H groups in total. The molecule has 1 aliphatic rings. The molecule has 0 spiro atoms. The summed E-state index contributed by atoms with van der Waals surface area (Å²) in [5.74, 6) is 0.486. The number of hydrogen-bond donors (Lipinski definition) is 2. The fraction of sp³-hybridized carbons (Fsp3) is 0.741. The van der Waals surface area contributed by atoms with E-state index in [0.717, 1.165) is 13.0 Å². The minimum Gasteiger partial charge on any atom is -0.543 e. The van der Waals surface area contributed by atoms with Crippen molar-refractivity contribution in [3.8, 4) is 5.75 Å². The first-order valence-corrected chi connectivity index (χ1v) is 18.4. The Morgan fingerprint density at radius 2 is 1.68 bits per heavy atom. The van der Waals surface area contributed by atoms with Gasteiger partial charge in [-0.05, 0) is 53.3 Å². The van der Waals surface area contributed by atoms with Crippen LogP contribution in [0.15, 0.2) is 18.2 Å². The Balaban J connectivity index is 0.000000397. The number of nitro groups is 1. The molecule has 1 fully saturated rings. The standard InChI is InChI=1S/C16H25NO4Si.C11H25NO2Si/c1-11(2)22(12(3)4,13(5)6)21-15-8-7-14(10-18)16(9-15)17(19)20;1-11(2,3)15(4,5)14-8-9-6-10(13)7-12-9/h7-13H,1-6H3;9-10,12-13H,6-8H2,1-5H3/t;9-,10+/m.0/s1. The maximum atomic E-state index is 11.1. The summed E-state index contributed by atoms with van der Waals surface area (Å²) in [6.45, 7) is 25.6. The molecule has 0 amide bonds. The number of nitro benzene ring substituents is 1. The Morgan fingerprint density at radius 1 is 1.14 bits per heavy atom. The lowest BCUT2D eigenvalue weighted by Crippen LogP contribution is -2.50. The maximum Gasteiger partial charge on any atom is 0.283 e. The lowest BCUT2D eigenvalue weighted by atomic mass is 10.2. The Morgan fingerprint density at radius 3 is 2.05 bits per heavy atom. The molecule has 8 nitrogen and oxygen atoms in total. The zero-order valence-electron chi connectivity index (χ0n) is 24.8. The highest BCUT2D eigenvalue weighted by atomic mass is 28.4. The average molecular weight is 555 g/mol. The Hall–Kier alpha value is -1.60. The zero-order chi connectivity index (χ0) is 28.8. The van der Waals surface area contributed by atoms with Crippen molar-refractivity contribution in [1.82, 2.24) is 5.32 Å².